The molecule has 3 fully saturated rings. The number of ketones is 1. The van der Waals surface area contributed by atoms with E-state index in [2.05, 4.69) is 30.2 Å². The molecule has 4 aliphatic rings. The van der Waals surface area contributed by atoms with Gasteiger partial charge < -0.3 is 15.5 Å². The number of hydrogen-bond acceptors (Lipinski definition) is 6. The van der Waals surface area contributed by atoms with Crippen molar-refractivity contribution in [2.24, 2.45) is 38.9 Å². The number of carbonyl (C=O) groups is 1. The lowest BCUT2D eigenvalue weighted by Crippen LogP contribution is -2.56. The first-order chi connectivity index (χ1) is 12.2. The summed E-state index contributed by atoms with van der Waals surface area (Å²) in [5.41, 5.74) is -0.197. The highest BCUT2D eigenvalue weighted by molar-refractivity contribution is 6.70. The van der Waals surface area contributed by atoms with E-state index in [1.807, 2.05) is 6.92 Å². The van der Waals surface area contributed by atoms with Crippen LogP contribution in [0.25, 0.3) is 0 Å². The van der Waals surface area contributed by atoms with Gasteiger partial charge in [-0.15, -0.1) is 0 Å². The third-order valence-corrected chi connectivity index (χ3v) is 8.51. The number of allylic oxidation sites excluding steroid dienone is 2. The molecular formula is C20H28N2O4. The van der Waals surface area contributed by atoms with Gasteiger partial charge in [-0.3, -0.25) is 4.79 Å². The Morgan fingerprint density at radius 3 is 2.42 bits per heavy atom. The molecule has 0 heterocycles. The number of hydrogen-bond donors (Lipinski definition) is 3. The summed E-state index contributed by atoms with van der Waals surface area (Å²) in [6.07, 6.45) is 7.01. The molecule has 6 unspecified atom stereocenters. The van der Waals surface area contributed by atoms with E-state index in [4.69, 9.17) is 0 Å². The smallest absolute Gasteiger partial charge is 0.232 e. The van der Waals surface area contributed by atoms with Gasteiger partial charge in [-0.25, -0.2) is 0 Å². The van der Waals surface area contributed by atoms with E-state index in [0.717, 1.165) is 37.7 Å². The molecule has 0 saturated heterocycles. The van der Waals surface area contributed by atoms with E-state index in [9.17, 15) is 20.3 Å². The number of carbonyl (C=O) groups excluding carboxylic acids is 1. The third-order valence-electron chi connectivity index (χ3n) is 8.51. The third kappa shape index (κ3) is 1.99. The van der Waals surface area contributed by atoms with Gasteiger partial charge in [-0.05, 0) is 67.8 Å². The predicted molar refractivity (Wildman–Crippen MR) is 96.5 cm³/mol. The maximum absolute atomic E-state index is 12.4. The molecule has 0 amide bonds. The van der Waals surface area contributed by atoms with Crippen molar-refractivity contribution in [2.75, 3.05) is 0 Å². The summed E-state index contributed by atoms with van der Waals surface area (Å²) in [6, 6.07) is 0. The van der Waals surface area contributed by atoms with Crippen LogP contribution in [0.15, 0.2) is 22.0 Å². The molecule has 0 aromatic heterocycles. The van der Waals surface area contributed by atoms with E-state index < -0.39 is 11.4 Å². The van der Waals surface area contributed by atoms with E-state index in [1.54, 1.807) is 0 Å². The van der Waals surface area contributed by atoms with Crippen molar-refractivity contribution in [1.82, 2.24) is 0 Å². The maximum Gasteiger partial charge on any atom is 0.232 e. The van der Waals surface area contributed by atoms with Gasteiger partial charge in [-0.2, -0.15) is 0 Å². The number of rotatable bonds is 0. The van der Waals surface area contributed by atoms with Crippen LogP contribution in [0.4, 0.5) is 0 Å². The normalized spacial score (nSPS) is 51.0. The molecule has 0 bridgehead atoms. The van der Waals surface area contributed by atoms with Gasteiger partial charge in [0.25, 0.3) is 0 Å². The SMILES string of the molecule is CC12CC(=NO)C(=O)C(=NO)C1=CCC1C2CCC2(C)C1CCC2(C)O. The molecule has 0 aliphatic heterocycles. The van der Waals surface area contributed by atoms with Crippen LogP contribution >= 0.6 is 0 Å². The van der Waals surface area contributed by atoms with Gasteiger partial charge in [0.1, 0.15) is 5.71 Å². The zero-order valence-corrected chi connectivity index (χ0v) is 15.7. The Balaban J connectivity index is 1.78. The van der Waals surface area contributed by atoms with E-state index >= 15 is 0 Å². The molecule has 26 heavy (non-hydrogen) atoms. The summed E-state index contributed by atoms with van der Waals surface area (Å²) in [7, 11) is 0. The van der Waals surface area contributed by atoms with Crippen LogP contribution in [-0.2, 0) is 4.79 Å². The minimum absolute atomic E-state index is 0.0248. The highest BCUT2D eigenvalue weighted by atomic mass is 16.4. The Morgan fingerprint density at radius 2 is 1.77 bits per heavy atom. The van der Waals surface area contributed by atoms with Crippen LogP contribution in [0.2, 0.25) is 0 Å². The van der Waals surface area contributed by atoms with Gasteiger partial charge in [0.15, 0.2) is 5.71 Å². The molecule has 0 aromatic rings. The Morgan fingerprint density at radius 1 is 1.08 bits per heavy atom. The monoisotopic (exact) mass is 360 g/mol. The van der Waals surface area contributed by atoms with Gasteiger partial charge in [-0.1, -0.05) is 30.2 Å². The summed E-state index contributed by atoms with van der Waals surface area (Å²) in [6.45, 7) is 6.31. The van der Waals surface area contributed by atoms with E-state index in [1.165, 1.54) is 0 Å². The first-order valence-electron chi connectivity index (χ1n) is 9.60. The molecular weight excluding hydrogens is 332 g/mol. The minimum atomic E-state index is -0.633. The van der Waals surface area contributed by atoms with Crippen LogP contribution in [0.5, 0.6) is 0 Å². The second-order valence-corrected chi connectivity index (χ2v) is 9.42. The van der Waals surface area contributed by atoms with Crippen LogP contribution in [0.3, 0.4) is 0 Å². The lowest BCUT2D eigenvalue weighted by atomic mass is 9.47. The van der Waals surface area contributed by atoms with Crippen LogP contribution in [0.1, 0.15) is 59.3 Å². The molecule has 6 atom stereocenters. The largest absolute Gasteiger partial charge is 0.411 e. The van der Waals surface area contributed by atoms with Crippen molar-refractivity contribution >= 4 is 17.2 Å². The molecule has 0 aromatic carbocycles. The average molecular weight is 360 g/mol. The van der Waals surface area contributed by atoms with Gasteiger partial charge in [0.05, 0.1) is 5.60 Å². The van der Waals surface area contributed by atoms with Crippen LogP contribution < -0.4 is 0 Å². The summed E-state index contributed by atoms with van der Waals surface area (Å²) in [5.74, 6) is 0.690. The predicted octanol–water partition coefficient (Wildman–Crippen LogP) is 3.15. The number of oxime groups is 2. The lowest BCUT2D eigenvalue weighted by molar-refractivity contribution is -0.113. The molecule has 6 heteroatoms. The molecule has 0 spiro atoms. The standard InChI is InChI=1S/C20H28N2O4/c1-18-10-15(21-25)17(23)16(22-26)14(18)5-4-11-12(18)6-8-19(2)13(11)7-9-20(19,3)24/h5,11-13,24-26H,4,6-10H2,1-3H3. The van der Waals surface area contributed by atoms with Crippen molar-refractivity contribution in [1.29, 1.82) is 0 Å². The molecule has 142 valence electrons. The van der Waals surface area contributed by atoms with Gasteiger partial charge >= 0.3 is 0 Å². The average Bonchev–Trinajstić information content (AvgIpc) is 2.84. The Hall–Kier alpha value is -1.69. The molecule has 4 rings (SSSR count). The quantitative estimate of drug-likeness (QED) is 0.456. The van der Waals surface area contributed by atoms with Gasteiger partial charge in [0.2, 0.25) is 5.78 Å². The maximum atomic E-state index is 12.4. The highest BCUT2D eigenvalue weighted by Gasteiger charge is 2.63. The molecule has 0 radical (unpaired) electrons. The summed E-state index contributed by atoms with van der Waals surface area (Å²) in [4.78, 5) is 12.4. The Bertz CT molecular complexity index is 753. The minimum Gasteiger partial charge on any atom is -0.411 e. The van der Waals surface area contributed by atoms with Crippen LogP contribution in [-0.4, -0.2) is 38.3 Å². The van der Waals surface area contributed by atoms with Crippen molar-refractivity contribution in [3.63, 3.8) is 0 Å². The van der Waals surface area contributed by atoms with Crippen LogP contribution in [0, 0.1) is 28.6 Å². The second-order valence-electron chi connectivity index (χ2n) is 9.42. The molecule has 3 saturated carbocycles. The topological polar surface area (TPSA) is 102 Å². The van der Waals surface area contributed by atoms with Crippen molar-refractivity contribution in [3.8, 4) is 0 Å². The fourth-order valence-electron chi connectivity index (χ4n) is 6.80. The first kappa shape index (κ1) is 17.7. The highest BCUT2D eigenvalue weighted by Crippen LogP contribution is 2.66. The number of fused-ring (bicyclic) bond motifs is 5. The second kappa shape index (κ2) is 5.41. The van der Waals surface area contributed by atoms with Crippen molar-refractivity contribution in [3.05, 3.63) is 11.6 Å². The zero-order chi connectivity index (χ0) is 18.9. The Labute approximate surface area is 153 Å². The fourth-order valence-corrected chi connectivity index (χ4v) is 6.80. The summed E-state index contributed by atoms with van der Waals surface area (Å²) in [5, 5.41) is 36.2. The summed E-state index contributed by atoms with van der Waals surface area (Å²) >= 11 is 0. The number of aliphatic hydroxyl groups is 1. The lowest BCUT2D eigenvalue weighted by Gasteiger charge is -2.57. The first-order valence-corrected chi connectivity index (χ1v) is 9.60. The number of nitrogens with zero attached hydrogens (tertiary/aromatic N) is 2. The fraction of sp³-hybridized carbons (Fsp3) is 0.750. The number of Topliss-reactive ketones (excluding diaryl/α,β-unsaturated/α-hetero) is 1. The van der Waals surface area contributed by atoms with Gasteiger partial charge in [0, 0.05) is 11.8 Å². The molecule has 3 N–H and O–H groups in total. The van der Waals surface area contributed by atoms with Crippen molar-refractivity contribution in [2.45, 2.75) is 64.9 Å². The van der Waals surface area contributed by atoms with Crippen molar-refractivity contribution < 1.29 is 20.3 Å². The van der Waals surface area contributed by atoms with E-state index in [-0.39, 0.29) is 22.3 Å². The van der Waals surface area contributed by atoms with E-state index in [0.29, 0.717) is 24.2 Å². The molecule has 6 nitrogen and oxygen atoms in total. The Kier molecular flexibility index (Phi) is 3.69. The zero-order valence-electron chi connectivity index (χ0n) is 15.7. The molecule has 4 aliphatic carbocycles. The summed E-state index contributed by atoms with van der Waals surface area (Å²) < 4.78 is 0.